The van der Waals surface area contributed by atoms with Crippen LogP contribution in [0.1, 0.15) is 17.2 Å². The molecule has 62 valence electrons. The molecule has 0 aromatic carbocycles. The van der Waals surface area contributed by atoms with Gasteiger partial charge in [-0.05, 0) is 32.3 Å². The van der Waals surface area contributed by atoms with Gasteiger partial charge in [0.05, 0.1) is 16.8 Å². The quantitative estimate of drug-likeness (QED) is 0.621. The molecule has 0 N–H and O–H groups in total. The molecule has 0 aliphatic rings. The third kappa shape index (κ3) is 0.992. The third-order valence-corrected chi connectivity index (χ3v) is 2.63. The summed E-state index contributed by atoms with van der Waals surface area (Å²) in [5.41, 5.74) is 2.07. The average molecular weight is 179 g/mol. The van der Waals surface area contributed by atoms with Crippen LogP contribution in [-0.2, 0) is 0 Å². The smallest absolute Gasteiger partial charge is 0.147 e. The minimum absolute atomic E-state index is 0.823. The lowest BCUT2D eigenvalue weighted by atomic mass is 10.2. The first kappa shape index (κ1) is 7.61. The second-order valence-electron chi connectivity index (χ2n) is 2.80. The van der Waals surface area contributed by atoms with Crippen LogP contribution in [0.4, 0.5) is 0 Å². The van der Waals surface area contributed by atoms with Crippen molar-refractivity contribution in [2.75, 3.05) is 0 Å². The first-order chi connectivity index (χ1) is 5.68. The second-order valence-corrected chi connectivity index (χ2v) is 3.56. The molecular formula is C8H9N3S. The van der Waals surface area contributed by atoms with E-state index >= 15 is 0 Å². The molecule has 12 heavy (non-hydrogen) atoms. The predicted molar refractivity (Wildman–Crippen MR) is 49.4 cm³/mol. The zero-order valence-electron chi connectivity index (χ0n) is 7.25. The number of nitrogens with zero attached hydrogens (tertiary/aromatic N) is 3. The van der Waals surface area contributed by atoms with Gasteiger partial charge in [-0.25, -0.2) is 9.97 Å². The van der Waals surface area contributed by atoms with Crippen LogP contribution in [0.2, 0.25) is 0 Å². The highest BCUT2D eigenvalue weighted by molar-refractivity contribution is 7.12. The largest absolute Gasteiger partial charge is 0.238 e. The van der Waals surface area contributed by atoms with Gasteiger partial charge in [-0.15, -0.1) is 0 Å². The first-order valence-electron chi connectivity index (χ1n) is 3.75. The van der Waals surface area contributed by atoms with E-state index in [0.29, 0.717) is 0 Å². The van der Waals surface area contributed by atoms with E-state index in [1.165, 1.54) is 11.5 Å². The van der Waals surface area contributed by atoms with Crippen LogP contribution >= 0.6 is 11.5 Å². The Morgan fingerprint density at radius 1 is 1.00 bits per heavy atom. The van der Waals surface area contributed by atoms with Crippen molar-refractivity contribution >= 4 is 21.7 Å². The van der Waals surface area contributed by atoms with Crippen LogP contribution in [0.3, 0.4) is 0 Å². The van der Waals surface area contributed by atoms with E-state index < -0.39 is 0 Å². The van der Waals surface area contributed by atoms with E-state index in [4.69, 9.17) is 0 Å². The summed E-state index contributed by atoms with van der Waals surface area (Å²) in [6.07, 6.45) is 0. The average Bonchev–Trinajstić information content (AvgIpc) is 2.31. The van der Waals surface area contributed by atoms with E-state index in [1.54, 1.807) is 0 Å². The summed E-state index contributed by atoms with van der Waals surface area (Å²) >= 11 is 1.44. The molecule has 0 atom stereocenters. The Balaban J connectivity index is 2.93. The summed E-state index contributed by atoms with van der Waals surface area (Å²) in [5.74, 6) is 0.823. The van der Waals surface area contributed by atoms with E-state index in [-0.39, 0.29) is 0 Å². The molecular weight excluding hydrogens is 170 g/mol. The number of hydrogen-bond donors (Lipinski definition) is 0. The van der Waals surface area contributed by atoms with E-state index in [9.17, 15) is 0 Å². The Kier molecular flexibility index (Phi) is 1.58. The first-order valence-corrected chi connectivity index (χ1v) is 4.53. The van der Waals surface area contributed by atoms with Gasteiger partial charge in [0.15, 0.2) is 0 Å². The van der Waals surface area contributed by atoms with Crippen molar-refractivity contribution in [2.45, 2.75) is 20.8 Å². The molecule has 0 amide bonds. The van der Waals surface area contributed by atoms with Crippen molar-refractivity contribution in [1.82, 2.24) is 14.3 Å². The summed E-state index contributed by atoms with van der Waals surface area (Å²) in [7, 11) is 0. The molecule has 0 bridgehead atoms. The normalized spacial score (nSPS) is 10.9. The van der Waals surface area contributed by atoms with Gasteiger partial charge in [0.1, 0.15) is 10.7 Å². The topological polar surface area (TPSA) is 38.7 Å². The Hall–Kier alpha value is -1.03. The molecule has 0 aliphatic heterocycles. The van der Waals surface area contributed by atoms with Gasteiger partial charge in [0.2, 0.25) is 0 Å². The fourth-order valence-electron chi connectivity index (χ4n) is 1.32. The molecule has 0 saturated carbocycles. The van der Waals surface area contributed by atoms with Crippen LogP contribution in [-0.4, -0.2) is 14.3 Å². The van der Waals surface area contributed by atoms with Gasteiger partial charge < -0.3 is 0 Å². The molecule has 0 fully saturated rings. The molecule has 0 aliphatic carbocycles. The molecule has 0 spiro atoms. The number of fused-ring (bicyclic) bond motifs is 1. The highest BCUT2D eigenvalue weighted by Crippen LogP contribution is 2.22. The number of aryl methyl sites for hydroxylation is 3. The van der Waals surface area contributed by atoms with Gasteiger partial charge in [0, 0.05) is 0 Å². The maximum atomic E-state index is 4.30. The minimum Gasteiger partial charge on any atom is -0.238 e. The lowest BCUT2D eigenvalue weighted by Crippen LogP contribution is -1.90. The van der Waals surface area contributed by atoms with Crippen LogP contribution in [0.15, 0.2) is 0 Å². The van der Waals surface area contributed by atoms with Crippen LogP contribution in [0, 0.1) is 20.8 Å². The standard InChI is InChI=1S/C8H9N3S/c1-4-7-5(2)11-12-8(7)10-6(3)9-4/h1-3H3. The van der Waals surface area contributed by atoms with Crippen molar-refractivity contribution < 1.29 is 0 Å². The fraction of sp³-hybridized carbons (Fsp3) is 0.375. The van der Waals surface area contributed by atoms with E-state index in [1.807, 2.05) is 20.8 Å². The zero-order chi connectivity index (χ0) is 8.72. The summed E-state index contributed by atoms with van der Waals surface area (Å²) in [6.45, 7) is 5.89. The molecule has 0 unspecified atom stereocenters. The lowest BCUT2D eigenvalue weighted by Gasteiger charge is -1.96. The van der Waals surface area contributed by atoms with Gasteiger partial charge in [-0.3, -0.25) is 0 Å². The second kappa shape index (κ2) is 2.48. The SMILES string of the molecule is Cc1nc(C)c2c(C)nsc2n1. The summed E-state index contributed by atoms with van der Waals surface area (Å²) < 4.78 is 4.24. The number of hydrogen-bond acceptors (Lipinski definition) is 4. The van der Waals surface area contributed by atoms with Gasteiger partial charge in [-0.1, -0.05) is 0 Å². The third-order valence-electron chi connectivity index (χ3n) is 1.80. The Morgan fingerprint density at radius 2 is 1.75 bits per heavy atom. The molecule has 2 heterocycles. The Labute approximate surface area is 74.6 Å². The summed E-state index contributed by atoms with van der Waals surface area (Å²) in [5, 5.41) is 1.12. The van der Waals surface area contributed by atoms with Crippen molar-refractivity contribution in [1.29, 1.82) is 0 Å². The zero-order valence-corrected chi connectivity index (χ0v) is 8.07. The monoisotopic (exact) mass is 179 g/mol. The van der Waals surface area contributed by atoms with Crippen LogP contribution in [0.25, 0.3) is 10.2 Å². The lowest BCUT2D eigenvalue weighted by molar-refractivity contribution is 1.05. The van der Waals surface area contributed by atoms with Gasteiger partial charge >= 0.3 is 0 Å². The molecule has 2 aromatic rings. The summed E-state index contributed by atoms with van der Waals surface area (Å²) in [4.78, 5) is 9.59. The molecule has 2 aromatic heterocycles. The highest BCUT2D eigenvalue weighted by Gasteiger charge is 2.07. The van der Waals surface area contributed by atoms with Gasteiger partial charge in [0.25, 0.3) is 0 Å². The van der Waals surface area contributed by atoms with Gasteiger partial charge in [-0.2, -0.15) is 4.37 Å². The van der Waals surface area contributed by atoms with Crippen molar-refractivity contribution in [3.63, 3.8) is 0 Å². The van der Waals surface area contributed by atoms with Crippen molar-refractivity contribution in [2.24, 2.45) is 0 Å². The van der Waals surface area contributed by atoms with E-state index in [0.717, 1.165) is 27.4 Å². The molecule has 2 rings (SSSR count). The van der Waals surface area contributed by atoms with Crippen LogP contribution < -0.4 is 0 Å². The maximum absolute atomic E-state index is 4.30. The number of rotatable bonds is 0. The van der Waals surface area contributed by atoms with E-state index in [2.05, 4.69) is 14.3 Å². The van der Waals surface area contributed by atoms with Crippen LogP contribution in [0.5, 0.6) is 0 Å². The fourth-order valence-corrected chi connectivity index (χ4v) is 2.20. The number of aromatic nitrogens is 3. The molecule has 4 heteroatoms. The Bertz CT molecular complexity index is 433. The molecule has 0 radical (unpaired) electrons. The van der Waals surface area contributed by atoms with Crippen molar-refractivity contribution in [3.8, 4) is 0 Å². The predicted octanol–water partition coefficient (Wildman–Crippen LogP) is 2.01. The molecule has 3 nitrogen and oxygen atoms in total. The Morgan fingerprint density at radius 3 is 2.50 bits per heavy atom. The summed E-state index contributed by atoms with van der Waals surface area (Å²) in [6, 6.07) is 0. The highest BCUT2D eigenvalue weighted by atomic mass is 32.1. The molecule has 0 saturated heterocycles. The minimum atomic E-state index is 0.823. The van der Waals surface area contributed by atoms with Crippen molar-refractivity contribution in [3.05, 3.63) is 17.2 Å². The maximum Gasteiger partial charge on any atom is 0.147 e.